The molecule has 1 aliphatic heterocycles. The fourth-order valence-electron chi connectivity index (χ4n) is 1.87. The Kier molecular flexibility index (Phi) is 3.62. The Balaban J connectivity index is 1.93. The van der Waals surface area contributed by atoms with Crippen LogP contribution in [-0.4, -0.2) is 42.0 Å². The number of carbonyl (C=O) groups is 1. The van der Waals surface area contributed by atoms with Crippen molar-refractivity contribution in [3.63, 3.8) is 0 Å². The molecule has 5 nitrogen and oxygen atoms in total. The number of aromatic nitrogens is 1. The smallest absolute Gasteiger partial charge is 0.331 e. The minimum atomic E-state index is -0.415. The zero-order chi connectivity index (χ0) is 14.1. The summed E-state index contributed by atoms with van der Waals surface area (Å²) in [5.74, 6) is 1.12. The number of nitrogens with zero attached hydrogens (tertiary/aromatic N) is 2. The van der Waals surface area contributed by atoms with Crippen LogP contribution in [0.25, 0.3) is 10.2 Å². The predicted octanol–water partition coefficient (Wildman–Crippen LogP) is 2.34. The Morgan fingerprint density at radius 3 is 3.00 bits per heavy atom. The Hall–Kier alpha value is -1.60. The van der Waals surface area contributed by atoms with Crippen LogP contribution < -0.4 is 4.74 Å². The molecule has 0 saturated carbocycles. The highest BCUT2D eigenvalue weighted by atomic mass is 32.2. The number of aliphatic imine (C=N–C) groups is 1. The van der Waals surface area contributed by atoms with Gasteiger partial charge in [-0.2, -0.15) is 0 Å². The summed E-state index contributed by atoms with van der Waals surface area (Å²) in [7, 11) is 3.02. The number of hydrogen-bond donors (Lipinski definition) is 0. The number of carbonyl (C=O) groups excluding carboxylic acids is 1. The fourth-order valence-corrected chi connectivity index (χ4v) is 3.96. The first-order chi connectivity index (χ1) is 9.71. The summed E-state index contributed by atoms with van der Waals surface area (Å²) in [5, 5.41) is 1.64. The molecule has 20 heavy (non-hydrogen) atoms. The lowest BCUT2D eigenvalue weighted by Crippen LogP contribution is -2.19. The van der Waals surface area contributed by atoms with E-state index in [1.54, 1.807) is 18.4 Å². The third-order valence-corrected chi connectivity index (χ3v) is 5.11. The maximum absolute atomic E-state index is 11.5. The van der Waals surface area contributed by atoms with Crippen LogP contribution in [0, 0.1) is 0 Å². The number of fused-ring (bicyclic) bond motifs is 1. The van der Waals surface area contributed by atoms with Gasteiger partial charge in [0, 0.05) is 5.75 Å². The molecule has 1 aliphatic rings. The maximum atomic E-state index is 11.5. The van der Waals surface area contributed by atoms with Crippen molar-refractivity contribution in [2.24, 2.45) is 4.99 Å². The average molecular weight is 308 g/mol. The van der Waals surface area contributed by atoms with Crippen LogP contribution in [0.15, 0.2) is 23.2 Å². The van der Waals surface area contributed by atoms with E-state index < -0.39 is 6.04 Å². The van der Waals surface area contributed by atoms with Crippen LogP contribution in [0.3, 0.4) is 0 Å². The van der Waals surface area contributed by atoms with Crippen LogP contribution in [0.4, 0.5) is 0 Å². The second-order valence-electron chi connectivity index (χ2n) is 4.14. The van der Waals surface area contributed by atoms with Crippen molar-refractivity contribution in [3.8, 4) is 5.75 Å². The molecule has 1 atom stereocenters. The van der Waals surface area contributed by atoms with E-state index in [9.17, 15) is 4.79 Å². The molecule has 104 valence electrons. The molecule has 0 N–H and O–H groups in total. The van der Waals surface area contributed by atoms with Gasteiger partial charge in [-0.15, -0.1) is 23.1 Å². The van der Waals surface area contributed by atoms with Crippen LogP contribution in [0.2, 0.25) is 0 Å². The van der Waals surface area contributed by atoms with E-state index in [0.29, 0.717) is 5.75 Å². The SMILES string of the molecule is COC(=O)[C@@H]1CSC(c2nc3ccc(OC)cc3s2)=N1. The molecule has 0 amide bonds. The molecular weight excluding hydrogens is 296 g/mol. The molecule has 0 saturated heterocycles. The number of hydrogen-bond acceptors (Lipinski definition) is 7. The van der Waals surface area contributed by atoms with Crippen LogP contribution in [0.5, 0.6) is 5.75 Å². The molecule has 0 fully saturated rings. The average Bonchev–Trinajstić information content (AvgIpc) is 3.11. The molecule has 0 radical (unpaired) electrons. The Labute approximate surface area is 124 Å². The van der Waals surface area contributed by atoms with Gasteiger partial charge in [0.05, 0.1) is 24.4 Å². The first kappa shape index (κ1) is 13.4. The molecule has 1 aromatic heterocycles. The van der Waals surface area contributed by atoms with Crippen molar-refractivity contribution in [1.82, 2.24) is 4.98 Å². The highest BCUT2D eigenvalue weighted by molar-refractivity contribution is 8.15. The molecule has 2 heterocycles. The molecule has 1 aromatic carbocycles. The van der Waals surface area contributed by atoms with Crippen LogP contribution in [0.1, 0.15) is 5.01 Å². The summed E-state index contributed by atoms with van der Waals surface area (Å²) in [4.78, 5) is 20.4. The zero-order valence-corrected chi connectivity index (χ0v) is 12.6. The first-order valence-electron chi connectivity index (χ1n) is 5.94. The normalized spacial score (nSPS) is 18.1. The van der Waals surface area contributed by atoms with Crippen LogP contribution in [-0.2, 0) is 9.53 Å². The van der Waals surface area contributed by atoms with Gasteiger partial charge in [0.2, 0.25) is 0 Å². The van der Waals surface area contributed by atoms with Crippen LogP contribution >= 0.6 is 23.1 Å². The van der Waals surface area contributed by atoms with Crippen molar-refractivity contribution in [2.45, 2.75) is 6.04 Å². The Morgan fingerprint density at radius 2 is 2.25 bits per heavy atom. The third-order valence-electron chi connectivity index (χ3n) is 2.90. The summed E-state index contributed by atoms with van der Waals surface area (Å²) in [6, 6.07) is 5.34. The molecule has 7 heteroatoms. The number of esters is 1. The minimum Gasteiger partial charge on any atom is -0.497 e. The second kappa shape index (κ2) is 5.41. The molecular formula is C13H12N2O3S2. The van der Waals surface area contributed by atoms with E-state index in [-0.39, 0.29) is 5.97 Å². The number of methoxy groups -OCH3 is 2. The van der Waals surface area contributed by atoms with Gasteiger partial charge in [0.15, 0.2) is 6.04 Å². The summed E-state index contributed by atoms with van der Waals surface area (Å²) in [6.45, 7) is 0. The number of rotatable bonds is 3. The summed E-state index contributed by atoms with van der Waals surface area (Å²) in [5.41, 5.74) is 0.913. The highest BCUT2D eigenvalue weighted by Crippen LogP contribution is 2.31. The van der Waals surface area contributed by atoms with Crippen molar-refractivity contribution >= 4 is 44.3 Å². The number of thiazole rings is 1. The number of ether oxygens (including phenoxy) is 2. The molecule has 2 aromatic rings. The van der Waals surface area contributed by atoms with Crippen molar-refractivity contribution in [3.05, 3.63) is 23.2 Å². The van der Waals surface area contributed by atoms with Gasteiger partial charge < -0.3 is 9.47 Å². The largest absolute Gasteiger partial charge is 0.497 e. The van der Waals surface area contributed by atoms with Gasteiger partial charge in [0.25, 0.3) is 0 Å². The van der Waals surface area contributed by atoms with Crippen molar-refractivity contribution in [2.75, 3.05) is 20.0 Å². The third kappa shape index (κ3) is 2.38. The second-order valence-corrected chi connectivity index (χ2v) is 6.18. The monoisotopic (exact) mass is 308 g/mol. The predicted molar refractivity (Wildman–Crippen MR) is 81.0 cm³/mol. The lowest BCUT2D eigenvalue weighted by atomic mass is 10.3. The van der Waals surface area contributed by atoms with E-state index in [1.165, 1.54) is 18.9 Å². The first-order valence-corrected chi connectivity index (χ1v) is 7.75. The minimum absolute atomic E-state index is 0.296. The van der Waals surface area contributed by atoms with Crippen molar-refractivity contribution < 1.29 is 14.3 Å². The maximum Gasteiger partial charge on any atom is 0.331 e. The number of thioether (sulfide) groups is 1. The summed E-state index contributed by atoms with van der Waals surface area (Å²) in [6.07, 6.45) is 0. The lowest BCUT2D eigenvalue weighted by Gasteiger charge is -2.00. The number of benzene rings is 1. The van der Waals surface area contributed by atoms with Gasteiger partial charge >= 0.3 is 5.97 Å². The topological polar surface area (TPSA) is 60.8 Å². The summed E-state index contributed by atoms with van der Waals surface area (Å²) < 4.78 is 11.0. The van der Waals surface area contributed by atoms with Gasteiger partial charge in [-0.25, -0.2) is 9.78 Å². The zero-order valence-electron chi connectivity index (χ0n) is 11.0. The quantitative estimate of drug-likeness (QED) is 0.815. The fraction of sp³-hybridized carbons (Fsp3) is 0.308. The van der Waals surface area contributed by atoms with Gasteiger partial charge in [-0.05, 0) is 18.2 Å². The molecule has 0 spiro atoms. The molecule has 0 unspecified atom stereocenters. The highest BCUT2D eigenvalue weighted by Gasteiger charge is 2.27. The molecule has 0 aliphatic carbocycles. The van der Waals surface area contributed by atoms with E-state index in [0.717, 1.165) is 26.0 Å². The van der Waals surface area contributed by atoms with Crippen molar-refractivity contribution in [1.29, 1.82) is 0 Å². The van der Waals surface area contributed by atoms with E-state index in [1.807, 2.05) is 18.2 Å². The molecule has 0 bridgehead atoms. The van der Waals surface area contributed by atoms with E-state index in [2.05, 4.69) is 9.98 Å². The van der Waals surface area contributed by atoms with Gasteiger partial charge in [-0.3, -0.25) is 4.99 Å². The lowest BCUT2D eigenvalue weighted by molar-refractivity contribution is -0.141. The standard InChI is InChI=1S/C13H12N2O3S2/c1-17-7-3-4-8-10(5-7)20-12(14-8)11-15-9(6-19-11)13(16)18-2/h3-5,9H,6H2,1-2H3/t9-/m0/s1. The Bertz CT molecular complexity index is 696. The van der Waals surface area contributed by atoms with Gasteiger partial charge in [0.1, 0.15) is 15.8 Å². The Morgan fingerprint density at radius 1 is 1.40 bits per heavy atom. The van der Waals surface area contributed by atoms with Gasteiger partial charge in [-0.1, -0.05) is 0 Å². The molecule has 3 rings (SSSR count). The van der Waals surface area contributed by atoms with E-state index >= 15 is 0 Å². The summed E-state index contributed by atoms with van der Waals surface area (Å²) >= 11 is 3.09. The van der Waals surface area contributed by atoms with E-state index in [4.69, 9.17) is 9.47 Å².